The summed E-state index contributed by atoms with van der Waals surface area (Å²) in [6, 6.07) is 18.9. The topological polar surface area (TPSA) is 45.9 Å². The maximum Gasteiger partial charge on any atom is 0.258 e. The number of fused-ring (bicyclic) bond motifs is 1. The molecule has 3 heterocycles. The fraction of sp³-hybridized carbons (Fsp3) is 0.280. The van der Waals surface area contributed by atoms with Gasteiger partial charge in [-0.3, -0.25) is 9.30 Å². The summed E-state index contributed by atoms with van der Waals surface area (Å²) < 4.78 is 8.01. The molecule has 1 aliphatic rings. The SMILES string of the molecule is CN1CCN(Cc2ccc(-c3cnc4c(OCc5ccccc5)nccn34)cc2)CC1. The van der Waals surface area contributed by atoms with Crippen molar-refractivity contribution in [2.75, 3.05) is 33.2 Å². The molecule has 0 atom stereocenters. The van der Waals surface area contributed by atoms with Crippen molar-refractivity contribution in [3.63, 3.8) is 0 Å². The Balaban J connectivity index is 1.32. The van der Waals surface area contributed by atoms with Crippen molar-refractivity contribution in [3.05, 3.63) is 84.3 Å². The van der Waals surface area contributed by atoms with Crippen LogP contribution < -0.4 is 4.74 Å². The number of hydrogen-bond acceptors (Lipinski definition) is 5. The molecule has 5 rings (SSSR count). The molecule has 31 heavy (non-hydrogen) atoms. The normalized spacial score (nSPS) is 15.4. The van der Waals surface area contributed by atoms with Gasteiger partial charge in [0.25, 0.3) is 5.88 Å². The summed E-state index contributed by atoms with van der Waals surface area (Å²) in [6.07, 6.45) is 5.59. The first kappa shape index (κ1) is 19.7. The molecule has 158 valence electrons. The Morgan fingerprint density at radius 3 is 2.42 bits per heavy atom. The lowest BCUT2D eigenvalue weighted by molar-refractivity contribution is 0.148. The van der Waals surface area contributed by atoms with Gasteiger partial charge in [0.15, 0.2) is 0 Å². The molecule has 0 amide bonds. The second kappa shape index (κ2) is 8.88. The molecule has 6 heteroatoms. The van der Waals surface area contributed by atoms with E-state index in [9.17, 15) is 0 Å². The lowest BCUT2D eigenvalue weighted by Gasteiger charge is -2.32. The van der Waals surface area contributed by atoms with E-state index in [0.29, 0.717) is 12.5 Å². The van der Waals surface area contributed by atoms with Crippen LogP contribution in [0.1, 0.15) is 11.1 Å². The number of likely N-dealkylation sites (N-methyl/N-ethyl adjacent to an activating group) is 1. The Bertz CT molecular complexity index is 1130. The van der Waals surface area contributed by atoms with E-state index < -0.39 is 0 Å². The smallest absolute Gasteiger partial charge is 0.258 e. The monoisotopic (exact) mass is 413 g/mol. The van der Waals surface area contributed by atoms with Gasteiger partial charge in [-0.25, -0.2) is 9.97 Å². The number of benzene rings is 2. The molecule has 4 aromatic rings. The Morgan fingerprint density at radius 1 is 0.871 bits per heavy atom. The lowest BCUT2D eigenvalue weighted by Crippen LogP contribution is -2.43. The van der Waals surface area contributed by atoms with Crippen LogP contribution in [0.25, 0.3) is 16.9 Å². The van der Waals surface area contributed by atoms with E-state index in [4.69, 9.17) is 4.74 Å². The summed E-state index contributed by atoms with van der Waals surface area (Å²) in [4.78, 5) is 13.9. The standard InChI is InChI=1S/C25H27N5O/c1-28-13-15-29(16-14-28)18-20-7-9-22(10-8-20)23-17-27-24-25(26-11-12-30(23)24)31-19-21-5-3-2-4-6-21/h2-12,17H,13-16,18-19H2,1H3. The van der Waals surface area contributed by atoms with Crippen LogP contribution in [0, 0.1) is 0 Å². The largest absolute Gasteiger partial charge is 0.470 e. The average molecular weight is 414 g/mol. The first-order valence-corrected chi connectivity index (χ1v) is 10.8. The van der Waals surface area contributed by atoms with Crippen LogP contribution in [0.15, 0.2) is 73.2 Å². The van der Waals surface area contributed by atoms with Crippen LogP contribution in [-0.2, 0) is 13.2 Å². The maximum absolute atomic E-state index is 5.96. The Hall–Kier alpha value is -3.22. The highest BCUT2D eigenvalue weighted by atomic mass is 16.5. The van der Waals surface area contributed by atoms with E-state index in [1.54, 1.807) is 6.20 Å². The second-order valence-electron chi connectivity index (χ2n) is 8.12. The average Bonchev–Trinajstić information content (AvgIpc) is 3.25. The van der Waals surface area contributed by atoms with Crippen LogP contribution in [0.3, 0.4) is 0 Å². The molecular formula is C25H27N5O. The second-order valence-corrected chi connectivity index (χ2v) is 8.12. The molecule has 0 unspecified atom stereocenters. The zero-order valence-corrected chi connectivity index (χ0v) is 17.8. The summed E-state index contributed by atoms with van der Waals surface area (Å²) in [6.45, 7) is 6.01. The number of nitrogens with zero attached hydrogens (tertiary/aromatic N) is 5. The number of imidazole rings is 1. The molecule has 0 bridgehead atoms. The quantitative estimate of drug-likeness (QED) is 0.482. The molecular weight excluding hydrogens is 386 g/mol. The molecule has 0 aliphatic carbocycles. The third-order valence-corrected chi connectivity index (χ3v) is 5.87. The highest BCUT2D eigenvalue weighted by Gasteiger charge is 2.15. The predicted octanol–water partition coefficient (Wildman–Crippen LogP) is 3.72. The lowest BCUT2D eigenvalue weighted by atomic mass is 10.1. The summed E-state index contributed by atoms with van der Waals surface area (Å²) in [5, 5.41) is 0. The van der Waals surface area contributed by atoms with E-state index in [-0.39, 0.29) is 0 Å². The van der Waals surface area contributed by atoms with Crippen molar-refractivity contribution in [1.82, 2.24) is 24.2 Å². The summed E-state index contributed by atoms with van der Waals surface area (Å²) in [5.74, 6) is 0.546. The van der Waals surface area contributed by atoms with Crippen LogP contribution in [0.4, 0.5) is 0 Å². The first-order valence-electron chi connectivity index (χ1n) is 10.8. The van der Waals surface area contributed by atoms with Gasteiger partial charge in [0.1, 0.15) is 6.61 Å². The van der Waals surface area contributed by atoms with Gasteiger partial charge in [-0.1, -0.05) is 54.6 Å². The van der Waals surface area contributed by atoms with Crippen molar-refractivity contribution in [2.24, 2.45) is 0 Å². The first-order chi connectivity index (χ1) is 15.3. The van der Waals surface area contributed by atoms with Gasteiger partial charge in [0, 0.05) is 50.7 Å². The number of aromatic nitrogens is 3. The van der Waals surface area contributed by atoms with Gasteiger partial charge in [0.2, 0.25) is 5.65 Å². The Morgan fingerprint density at radius 2 is 1.65 bits per heavy atom. The van der Waals surface area contributed by atoms with Crippen molar-refractivity contribution >= 4 is 5.65 Å². The number of hydrogen-bond donors (Lipinski definition) is 0. The molecule has 0 radical (unpaired) electrons. The Kier molecular flexibility index (Phi) is 5.65. The molecule has 0 N–H and O–H groups in total. The molecule has 1 saturated heterocycles. The fourth-order valence-electron chi connectivity index (χ4n) is 3.98. The minimum absolute atomic E-state index is 0.469. The zero-order valence-electron chi connectivity index (χ0n) is 17.8. The third-order valence-electron chi connectivity index (χ3n) is 5.87. The van der Waals surface area contributed by atoms with E-state index >= 15 is 0 Å². The van der Waals surface area contributed by atoms with E-state index in [1.807, 2.05) is 47.1 Å². The van der Waals surface area contributed by atoms with Gasteiger partial charge in [0.05, 0.1) is 11.9 Å². The Labute approximate surface area is 182 Å². The van der Waals surface area contributed by atoms with Crippen LogP contribution >= 0.6 is 0 Å². The van der Waals surface area contributed by atoms with Crippen LogP contribution in [0.2, 0.25) is 0 Å². The van der Waals surface area contributed by atoms with E-state index in [0.717, 1.165) is 55.2 Å². The third kappa shape index (κ3) is 4.45. The van der Waals surface area contributed by atoms with Gasteiger partial charge >= 0.3 is 0 Å². The van der Waals surface area contributed by atoms with Crippen molar-refractivity contribution in [3.8, 4) is 17.1 Å². The van der Waals surface area contributed by atoms with Crippen molar-refractivity contribution < 1.29 is 4.74 Å². The molecule has 1 fully saturated rings. The molecule has 2 aromatic heterocycles. The van der Waals surface area contributed by atoms with Crippen molar-refractivity contribution in [2.45, 2.75) is 13.2 Å². The maximum atomic E-state index is 5.96. The highest BCUT2D eigenvalue weighted by molar-refractivity contribution is 5.66. The van der Waals surface area contributed by atoms with Gasteiger partial charge in [-0.15, -0.1) is 0 Å². The molecule has 1 aliphatic heterocycles. The molecule has 2 aromatic carbocycles. The van der Waals surface area contributed by atoms with Gasteiger partial charge < -0.3 is 9.64 Å². The number of rotatable bonds is 6. The molecule has 0 spiro atoms. The van der Waals surface area contributed by atoms with Crippen LogP contribution in [-0.4, -0.2) is 57.4 Å². The number of piperazine rings is 1. The summed E-state index contributed by atoms with van der Waals surface area (Å²) >= 11 is 0. The fourth-order valence-corrected chi connectivity index (χ4v) is 3.98. The van der Waals surface area contributed by atoms with Crippen molar-refractivity contribution in [1.29, 1.82) is 0 Å². The summed E-state index contributed by atoms with van der Waals surface area (Å²) in [5.41, 5.74) is 5.35. The van der Waals surface area contributed by atoms with E-state index in [1.165, 1.54) is 5.56 Å². The predicted molar refractivity (Wildman–Crippen MR) is 122 cm³/mol. The minimum Gasteiger partial charge on any atom is -0.470 e. The number of ether oxygens (including phenoxy) is 1. The van der Waals surface area contributed by atoms with Gasteiger partial charge in [-0.2, -0.15) is 0 Å². The van der Waals surface area contributed by atoms with Gasteiger partial charge in [-0.05, 0) is 18.2 Å². The molecule has 6 nitrogen and oxygen atoms in total. The minimum atomic E-state index is 0.469. The zero-order chi connectivity index (χ0) is 21.0. The van der Waals surface area contributed by atoms with Crippen LogP contribution in [0.5, 0.6) is 5.88 Å². The highest BCUT2D eigenvalue weighted by Crippen LogP contribution is 2.25. The molecule has 0 saturated carbocycles. The summed E-state index contributed by atoms with van der Waals surface area (Å²) in [7, 11) is 2.19. The van der Waals surface area contributed by atoms with E-state index in [2.05, 4.69) is 51.1 Å².